The maximum atomic E-state index is 12.3. The first kappa shape index (κ1) is 22.0. The van der Waals surface area contributed by atoms with Gasteiger partial charge in [-0.2, -0.15) is 0 Å². The lowest BCUT2D eigenvalue weighted by molar-refractivity contribution is -0.126. The van der Waals surface area contributed by atoms with Crippen molar-refractivity contribution in [3.63, 3.8) is 0 Å². The summed E-state index contributed by atoms with van der Waals surface area (Å²) in [5.74, 6) is -0.533. The second-order valence-corrected chi connectivity index (χ2v) is 6.44. The molecule has 140 valence electrons. The molecule has 0 heterocycles. The van der Waals surface area contributed by atoms with E-state index in [4.69, 9.17) is 17.3 Å². The van der Waals surface area contributed by atoms with Crippen LogP contribution >= 0.6 is 24.0 Å². The van der Waals surface area contributed by atoms with Gasteiger partial charge in [0.15, 0.2) is 0 Å². The smallest absolute Gasteiger partial charge is 0.244 e. The topological polar surface area (TPSA) is 84.2 Å². The molecule has 0 aliphatic carbocycles. The Labute approximate surface area is 164 Å². The van der Waals surface area contributed by atoms with Gasteiger partial charge in [0.2, 0.25) is 11.8 Å². The molecule has 0 bridgehead atoms. The highest BCUT2D eigenvalue weighted by Gasteiger charge is 2.29. The lowest BCUT2D eigenvalue weighted by atomic mass is 9.92. The van der Waals surface area contributed by atoms with Gasteiger partial charge in [0, 0.05) is 23.7 Å². The van der Waals surface area contributed by atoms with Gasteiger partial charge < -0.3 is 16.4 Å². The summed E-state index contributed by atoms with van der Waals surface area (Å²) in [6, 6.07) is 14.4. The Hall–Kier alpha value is -2.08. The zero-order chi connectivity index (χ0) is 18.4. The van der Waals surface area contributed by atoms with Crippen LogP contribution in [0.5, 0.6) is 0 Å². The Morgan fingerprint density at radius 3 is 2.42 bits per heavy atom. The van der Waals surface area contributed by atoms with Crippen molar-refractivity contribution in [3.8, 4) is 0 Å². The zero-order valence-electron chi connectivity index (χ0n) is 14.7. The Morgan fingerprint density at radius 1 is 1.12 bits per heavy atom. The third-order valence-electron chi connectivity index (χ3n) is 4.02. The van der Waals surface area contributed by atoms with Gasteiger partial charge in [0.25, 0.3) is 0 Å². The number of carbonyl (C=O) groups is 2. The molecule has 0 fully saturated rings. The number of halogens is 2. The molecular formula is C19H23Cl2N3O2. The summed E-state index contributed by atoms with van der Waals surface area (Å²) in [5.41, 5.74) is 7.16. The van der Waals surface area contributed by atoms with Crippen molar-refractivity contribution < 1.29 is 9.59 Å². The van der Waals surface area contributed by atoms with Gasteiger partial charge in [0.1, 0.15) is 5.54 Å². The van der Waals surface area contributed by atoms with Gasteiger partial charge in [-0.15, -0.1) is 12.4 Å². The highest BCUT2D eigenvalue weighted by atomic mass is 35.5. The number of nitrogens with two attached hydrogens (primary N) is 1. The van der Waals surface area contributed by atoms with Gasteiger partial charge in [-0.05, 0) is 37.1 Å². The van der Waals surface area contributed by atoms with Crippen LogP contribution in [0, 0.1) is 6.92 Å². The van der Waals surface area contributed by atoms with Gasteiger partial charge in [-0.1, -0.05) is 48.0 Å². The van der Waals surface area contributed by atoms with Crippen molar-refractivity contribution in [2.45, 2.75) is 25.8 Å². The Morgan fingerprint density at radius 2 is 1.77 bits per heavy atom. The van der Waals surface area contributed by atoms with E-state index in [1.165, 1.54) is 0 Å². The lowest BCUT2D eigenvalue weighted by Gasteiger charge is -2.24. The molecule has 2 rings (SSSR count). The molecule has 7 heteroatoms. The number of amides is 2. The van der Waals surface area contributed by atoms with Gasteiger partial charge in [0.05, 0.1) is 0 Å². The standard InChI is InChI=1S/C19H22ClN3O2.ClH/c1-13-15(20)9-6-10-16(13)23-17(24)11-12-22-18(25)19(2,21)14-7-4-3-5-8-14;/h3-10H,11-12,21H2,1-2H3,(H,22,25)(H,23,24);1H. The van der Waals surface area contributed by atoms with E-state index < -0.39 is 5.54 Å². The van der Waals surface area contributed by atoms with Gasteiger partial charge in [-0.25, -0.2) is 0 Å². The molecule has 0 radical (unpaired) electrons. The molecule has 0 aromatic heterocycles. The quantitative estimate of drug-likeness (QED) is 0.700. The van der Waals surface area contributed by atoms with Crippen LogP contribution in [0.3, 0.4) is 0 Å². The molecule has 0 saturated heterocycles. The maximum absolute atomic E-state index is 12.3. The molecule has 0 spiro atoms. The minimum atomic E-state index is -1.15. The third kappa shape index (κ3) is 5.46. The third-order valence-corrected chi connectivity index (χ3v) is 4.43. The summed E-state index contributed by atoms with van der Waals surface area (Å²) in [6.07, 6.45) is 0.141. The van der Waals surface area contributed by atoms with Crippen LogP contribution in [-0.4, -0.2) is 18.4 Å². The molecule has 2 aromatic carbocycles. The molecule has 26 heavy (non-hydrogen) atoms. The van der Waals surface area contributed by atoms with Crippen LogP contribution in [0.15, 0.2) is 48.5 Å². The van der Waals surface area contributed by atoms with E-state index in [2.05, 4.69) is 10.6 Å². The molecule has 0 saturated carbocycles. The van der Waals surface area contributed by atoms with Crippen molar-refractivity contribution in [1.29, 1.82) is 0 Å². The average Bonchev–Trinajstić information content (AvgIpc) is 2.59. The Kier molecular flexibility index (Phi) is 8.08. The second-order valence-electron chi connectivity index (χ2n) is 6.03. The van der Waals surface area contributed by atoms with Crippen molar-refractivity contribution in [1.82, 2.24) is 5.32 Å². The van der Waals surface area contributed by atoms with E-state index in [0.29, 0.717) is 16.3 Å². The summed E-state index contributed by atoms with van der Waals surface area (Å²) >= 11 is 6.03. The predicted octanol–water partition coefficient (Wildman–Crippen LogP) is 3.39. The normalized spacial score (nSPS) is 12.5. The number of carbonyl (C=O) groups excluding carboxylic acids is 2. The first-order chi connectivity index (χ1) is 11.8. The van der Waals surface area contributed by atoms with Crippen LogP contribution in [0.1, 0.15) is 24.5 Å². The van der Waals surface area contributed by atoms with E-state index in [1.807, 2.05) is 25.1 Å². The summed E-state index contributed by atoms with van der Waals surface area (Å²) in [4.78, 5) is 24.4. The fourth-order valence-electron chi connectivity index (χ4n) is 2.34. The van der Waals surface area contributed by atoms with Crippen LogP contribution in [0.25, 0.3) is 0 Å². The molecule has 0 aliphatic rings. The van der Waals surface area contributed by atoms with E-state index in [9.17, 15) is 9.59 Å². The monoisotopic (exact) mass is 395 g/mol. The molecule has 2 amide bonds. The van der Waals surface area contributed by atoms with Crippen molar-refractivity contribution in [3.05, 3.63) is 64.7 Å². The number of nitrogens with one attached hydrogen (secondary N) is 2. The van der Waals surface area contributed by atoms with Crippen LogP contribution in [0.4, 0.5) is 5.69 Å². The summed E-state index contributed by atoms with van der Waals surface area (Å²) in [7, 11) is 0. The van der Waals surface area contributed by atoms with Crippen molar-refractivity contribution in [2.75, 3.05) is 11.9 Å². The van der Waals surface area contributed by atoms with Crippen molar-refractivity contribution in [2.24, 2.45) is 5.73 Å². The van der Waals surface area contributed by atoms with Crippen LogP contribution in [-0.2, 0) is 15.1 Å². The first-order valence-electron chi connectivity index (χ1n) is 8.00. The highest BCUT2D eigenvalue weighted by Crippen LogP contribution is 2.23. The molecule has 1 atom stereocenters. The summed E-state index contributed by atoms with van der Waals surface area (Å²) in [5, 5.41) is 6.09. The average molecular weight is 396 g/mol. The molecule has 5 nitrogen and oxygen atoms in total. The lowest BCUT2D eigenvalue weighted by Crippen LogP contribution is -2.49. The maximum Gasteiger partial charge on any atom is 0.244 e. The number of hydrogen-bond acceptors (Lipinski definition) is 3. The predicted molar refractivity (Wildman–Crippen MR) is 108 cm³/mol. The fourth-order valence-corrected chi connectivity index (χ4v) is 2.52. The molecule has 4 N–H and O–H groups in total. The molecular weight excluding hydrogens is 373 g/mol. The minimum absolute atomic E-state index is 0. The SMILES string of the molecule is Cc1c(Cl)cccc1NC(=O)CCNC(=O)C(C)(N)c1ccccc1.Cl. The largest absolute Gasteiger partial charge is 0.354 e. The summed E-state index contributed by atoms with van der Waals surface area (Å²) < 4.78 is 0. The first-order valence-corrected chi connectivity index (χ1v) is 8.38. The number of rotatable bonds is 6. The van der Waals surface area contributed by atoms with E-state index in [1.54, 1.807) is 37.3 Å². The highest BCUT2D eigenvalue weighted by molar-refractivity contribution is 6.31. The molecule has 2 aromatic rings. The zero-order valence-corrected chi connectivity index (χ0v) is 16.3. The van der Waals surface area contributed by atoms with Gasteiger partial charge in [-0.3, -0.25) is 9.59 Å². The molecule has 0 aliphatic heterocycles. The Balaban J connectivity index is 0.00000338. The number of benzene rings is 2. The molecule has 1 unspecified atom stereocenters. The van der Waals surface area contributed by atoms with Crippen molar-refractivity contribution >= 4 is 41.5 Å². The fraction of sp³-hybridized carbons (Fsp3) is 0.263. The summed E-state index contributed by atoms with van der Waals surface area (Å²) in [6.45, 7) is 3.68. The van der Waals surface area contributed by atoms with Crippen LogP contribution in [0.2, 0.25) is 5.02 Å². The Bertz CT molecular complexity index is 765. The second kappa shape index (κ2) is 9.57. The van der Waals surface area contributed by atoms with E-state index in [0.717, 1.165) is 5.56 Å². The van der Waals surface area contributed by atoms with Crippen LogP contribution < -0.4 is 16.4 Å². The minimum Gasteiger partial charge on any atom is -0.354 e. The van der Waals surface area contributed by atoms with Gasteiger partial charge >= 0.3 is 0 Å². The number of hydrogen-bond donors (Lipinski definition) is 3. The van der Waals surface area contributed by atoms with E-state index in [-0.39, 0.29) is 37.2 Å². The number of anilines is 1. The van der Waals surface area contributed by atoms with E-state index >= 15 is 0 Å².